The van der Waals surface area contributed by atoms with Crippen molar-refractivity contribution in [2.45, 2.75) is 26.7 Å². The molecule has 6 nitrogen and oxygen atoms in total. The van der Waals surface area contributed by atoms with Crippen molar-refractivity contribution < 1.29 is 9.59 Å². The Kier molecular flexibility index (Phi) is 6.49. The molecule has 1 rings (SSSR count). The number of pyridine rings is 1. The number of amides is 2. The van der Waals surface area contributed by atoms with Gasteiger partial charge in [0.25, 0.3) is 5.91 Å². The molecule has 0 bridgehead atoms. The second-order valence-corrected chi connectivity index (χ2v) is 4.49. The molecule has 0 radical (unpaired) electrons. The van der Waals surface area contributed by atoms with E-state index in [-0.39, 0.29) is 18.2 Å². The van der Waals surface area contributed by atoms with Crippen LogP contribution in [-0.4, -0.2) is 36.9 Å². The van der Waals surface area contributed by atoms with Gasteiger partial charge >= 0.3 is 0 Å². The molecule has 0 aliphatic heterocycles. The molecule has 6 heteroatoms. The fourth-order valence-corrected chi connectivity index (χ4v) is 1.66. The minimum atomic E-state index is -0.195. The first-order valence-electron chi connectivity index (χ1n) is 6.78. The first-order valence-corrected chi connectivity index (χ1v) is 6.78. The van der Waals surface area contributed by atoms with E-state index in [9.17, 15) is 9.59 Å². The molecular formula is C14H22N4O2. The molecule has 110 valence electrons. The molecule has 2 amide bonds. The van der Waals surface area contributed by atoms with Gasteiger partial charge in [0.15, 0.2) is 0 Å². The average molecular weight is 278 g/mol. The van der Waals surface area contributed by atoms with Gasteiger partial charge in [0.1, 0.15) is 5.82 Å². The van der Waals surface area contributed by atoms with Crippen LogP contribution in [-0.2, 0) is 4.79 Å². The van der Waals surface area contributed by atoms with Crippen LogP contribution in [0, 0.1) is 6.92 Å². The smallest absolute Gasteiger partial charge is 0.251 e. The Balaban J connectivity index is 2.62. The van der Waals surface area contributed by atoms with E-state index in [1.807, 2.05) is 6.92 Å². The lowest BCUT2D eigenvalue weighted by atomic mass is 10.2. The molecule has 3 N–H and O–H groups in total. The number of hydrogen-bond acceptors (Lipinski definition) is 4. The summed E-state index contributed by atoms with van der Waals surface area (Å²) in [5.74, 6) is 0.406. The first-order chi connectivity index (χ1) is 9.56. The number of carbonyl (C=O) groups is 2. The maximum atomic E-state index is 12.0. The SMILES string of the molecule is CCCNc1cc(C(=O)NCCC(=O)NC)cc(C)n1. The van der Waals surface area contributed by atoms with Crippen molar-refractivity contribution >= 4 is 17.6 Å². The third-order valence-corrected chi connectivity index (χ3v) is 2.69. The summed E-state index contributed by atoms with van der Waals surface area (Å²) in [4.78, 5) is 27.4. The van der Waals surface area contributed by atoms with Gasteiger partial charge < -0.3 is 16.0 Å². The lowest BCUT2D eigenvalue weighted by molar-refractivity contribution is -0.120. The van der Waals surface area contributed by atoms with Crippen molar-refractivity contribution in [2.24, 2.45) is 0 Å². The summed E-state index contributed by atoms with van der Waals surface area (Å²) in [7, 11) is 1.57. The monoisotopic (exact) mass is 278 g/mol. The molecule has 1 aromatic heterocycles. The van der Waals surface area contributed by atoms with Gasteiger partial charge in [-0.15, -0.1) is 0 Å². The van der Waals surface area contributed by atoms with E-state index in [4.69, 9.17) is 0 Å². The Hall–Kier alpha value is -2.11. The fraction of sp³-hybridized carbons (Fsp3) is 0.500. The number of hydrogen-bond donors (Lipinski definition) is 3. The van der Waals surface area contributed by atoms with Gasteiger partial charge in [0, 0.05) is 37.8 Å². The zero-order valence-corrected chi connectivity index (χ0v) is 12.2. The van der Waals surface area contributed by atoms with E-state index in [1.54, 1.807) is 19.2 Å². The molecule has 0 saturated heterocycles. The lowest BCUT2D eigenvalue weighted by Crippen LogP contribution is -2.29. The first kappa shape index (κ1) is 15.9. The van der Waals surface area contributed by atoms with Crippen LogP contribution in [0.5, 0.6) is 0 Å². The van der Waals surface area contributed by atoms with Gasteiger partial charge in [-0.3, -0.25) is 9.59 Å². The topological polar surface area (TPSA) is 83.1 Å². The number of nitrogens with one attached hydrogen (secondary N) is 3. The van der Waals surface area contributed by atoms with Crippen molar-refractivity contribution in [3.8, 4) is 0 Å². The Morgan fingerprint density at radius 3 is 2.65 bits per heavy atom. The van der Waals surface area contributed by atoms with E-state index in [2.05, 4.69) is 27.9 Å². The highest BCUT2D eigenvalue weighted by molar-refractivity contribution is 5.95. The van der Waals surface area contributed by atoms with Gasteiger partial charge in [-0.25, -0.2) is 4.98 Å². The molecule has 1 aromatic rings. The highest BCUT2D eigenvalue weighted by Crippen LogP contribution is 2.10. The van der Waals surface area contributed by atoms with Gasteiger partial charge in [0.05, 0.1) is 0 Å². The van der Waals surface area contributed by atoms with E-state index < -0.39 is 0 Å². The minimum Gasteiger partial charge on any atom is -0.370 e. The molecule has 0 spiro atoms. The number of carbonyl (C=O) groups excluding carboxylic acids is 2. The van der Waals surface area contributed by atoms with E-state index in [1.165, 1.54) is 0 Å². The summed E-state index contributed by atoms with van der Waals surface area (Å²) in [6.45, 7) is 5.04. The molecule has 0 aliphatic rings. The molecule has 1 heterocycles. The normalized spacial score (nSPS) is 9.95. The summed E-state index contributed by atoms with van der Waals surface area (Å²) < 4.78 is 0. The number of nitrogens with zero attached hydrogens (tertiary/aromatic N) is 1. The molecule has 0 atom stereocenters. The molecule has 0 saturated carbocycles. The summed E-state index contributed by atoms with van der Waals surface area (Å²) in [6.07, 6.45) is 1.26. The number of anilines is 1. The average Bonchev–Trinajstić information content (AvgIpc) is 2.44. The molecule has 0 aliphatic carbocycles. The summed E-state index contributed by atoms with van der Waals surface area (Å²) in [5, 5.41) is 8.39. The molecule has 20 heavy (non-hydrogen) atoms. The maximum Gasteiger partial charge on any atom is 0.251 e. The van der Waals surface area contributed by atoms with Crippen LogP contribution in [0.2, 0.25) is 0 Å². The minimum absolute atomic E-state index is 0.0958. The van der Waals surface area contributed by atoms with E-state index in [0.717, 1.165) is 18.7 Å². The van der Waals surface area contributed by atoms with Crippen molar-refractivity contribution in [3.05, 3.63) is 23.4 Å². The molecule has 0 fully saturated rings. The largest absolute Gasteiger partial charge is 0.370 e. The van der Waals surface area contributed by atoms with Crippen molar-refractivity contribution in [1.29, 1.82) is 0 Å². The number of aryl methyl sites for hydroxylation is 1. The molecular weight excluding hydrogens is 256 g/mol. The standard InChI is InChI=1S/C14H22N4O2/c1-4-6-16-12-9-11(8-10(2)18-12)14(20)17-7-5-13(19)15-3/h8-9H,4-7H2,1-3H3,(H,15,19)(H,16,18)(H,17,20). The Morgan fingerprint density at radius 1 is 1.25 bits per heavy atom. The maximum absolute atomic E-state index is 12.0. The van der Waals surface area contributed by atoms with Crippen LogP contribution in [0.25, 0.3) is 0 Å². The van der Waals surface area contributed by atoms with Crippen molar-refractivity contribution in [3.63, 3.8) is 0 Å². The molecule has 0 aromatic carbocycles. The predicted molar refractivity (Wildman–Crippen MR) is 78.8 cm³/mol. The van der Waals surface area contributed by atoms with E-state index >= 15 is 0 Å². The quantitative estimate of drug-likeness (QED) is 0.697. The van der Waals surface area contributed by atoms with E-state index in [0.29, 0.717) is 17.9 Å². The Bertz CT molecular complexity index is 474. The van der Waals surface area contributed by atoms with Gasteiger partial charge in [-0.05, 0) is 25.5 Å². The van der Waals surface area contributed by atoms with Gasteiger partial charge in [-0.1, -0.05) is 6.92 Å². The lowest BCUT2D eigenvalue weighted by Gasteiger charge is -2.09. The second-order valence-electron chi connectivity index (χ2n) is 4.49. The summed E-state index contributed by atoms with van der Waals surface area (Å²) in [6, 6.07) is 3.45. The number of rotatable bonds is 7. The second kappa shape index (κ2) is 8.14. The van der Waals surface area contributed by atoms with Crippen molar-refractivity contribution in [2.75, 3.05) is 25.5 Å². The highest BCUT2D eigenvalue weighted by atomic mass is 16.2. The predicted octanol–water partition coefficient (Wildman–Crippen LogP) is 1.08. The Morgan fingerprint density at radius 2 is 2.00 bits per heavy atom. The fourth-order valence-electron chi connectivity index (χ4n) is 1.66. The zero-order chi connectivity index (χ0) is 15.0. The zero-order valence-electron chi connectivity index (χ0n) is 12.2. The Labute approximate surface area is 119 Å². The van der Waals surface area contributed by atoms with Crippen LogP contribution in [0.15, 0.2) is 12.1 Å². The third kappa shape index (κ3) is 5.26. The van der Waals surface area contributed by atoms with Crippen LogP contribution < -0.4 is 16.0 Å². The van der Waals surface area contributed by atoms with Crippen molar-refractivity contribution in [1.82, 2.24) is 15.6 Å². The van der Waals surface area contributed by atoms with Crippen LogP contribution >= 0.6 is 0 Å². The molecule has 0 unspecified atom stereocenters. The highest BCUT2D eigenvalue weighted by Gasteiger charge is 2.08. The summed E-state index contributed by atoms with van der Waals surface area (Å²) >= 11 is 0. The van der Waals surface area contributed by atoms with Gasteiger partial charge in [-0.2, -0.15) is 0 Å². The number of aromatic nitrogens is 1. The van der Waals surface area contributed by atoms with Crippen LogP contribution in [0.4, 0.5) is 5.82 Å². The summed E-state index contributed by atoms with van der Waals surface area (Å²) in [5.41, 5.74) is 1.33. The van der Waals surface area contributed by atoms with Crippen LogP contribution in [0.1, 0.15) is 35.8 Å². The third-order valence-electron chi connectivity index (χ3n) is 2.69. The van der Waals surface area contributed by atoms with Gasteiger partial charge in [0.2, 0.25) is 5.91 Å². The van der Waals surface area contributed by atoms with Crippen LogP contribution in [0.3, 0.4) is 0 Å².